The van der Waals surface area contributed by atoms with E-state index in [9.17, 15) is 14.2 Å². The summed E-state index contributed by atoms with van der Waals surface area (Å²) >= 11 is 0. The number of hydrogen-bond donors (Lipinski definition) is 0. The number of Topliss-reactive ketones (excluding diaryl/α,β-unsaturated/α-hetero) is 2. The van der Waals surface area contributed by atoms with Crippen molar-refractivity contribution in [3.63, 3.8) is 0 Å². The minimum absolute atomic E-state index is 0.222. The van der Waals surface area contributed by atoms with Crippen molar-refractivity contribution in [3.05, 3.63) is 47.5 Å². The first-order valence-electron chi connectivity index (χ1n) is 11.1. The van der Waals surface area contributed by atoms with Crippen LogP contribution in [-0.4, -0.2) is 51.3 Å². The lowest BCUT2D eigenvalue weighted by atomic mass is 9.98. The monoisotopic (exact) mass is 489 g/mol. The van der Waals surface area contributed by atoms with E-state index in [-0.39, 0.29) is 34.5 Å². The SMILES string of the molecule is COc1cccc(OC)c1C(=O)C(C(C)C)[P+](=O)C(C(=O)c1c(OC)cccc1OC)C(C)C. The molecule has 0 aromatic heterocycles. The fourth-order valence-electron chi connectivity index (χ4n) is 4.08. The van der Waals surface area contributed by atoms with Crippen molar-refractivity contribution in [2.24, 2.45) is 11.8 Å². The molecule has 0 amide bonds. The van der Waals surface area contributed by atoms with Gasteiger partial charge < -0.3 is 18.9 Å². The van der Waals surface area contributed by atoms with Crippen molar-refractivity contribution in [2.45, 2.75) is 39.0 Å². The van der Waals surface area contributed by atoms with Gasteiger partial charge in [-0.25, -0.2) is 0 Å². The van der Waals surface area contributed by atoms with Crippen molar-refractivity contribution in [1.29, 1.82) is 0 Å². The lowest BCUT2D eigenvalue weighted by Gasteiger charge is -2.20. The predicted molar refractivity (Wildman–Crippen MR) is 133 cm³/mol. The minimum atomic E-state index is -2.35. The van der Waals surface area contributed by atoms with Crippen molar-refractivity contribution >= 4 is 19.4 Å². The summed E-state index contributed by atoms with van der Waals surface area (Å²) < 4.78 is 35.7. The molecule has 2 atom stereocenters. The van der Waals surface area contributed by atoms with Crippen LogP contribution in [0.1, 0.15) is 48.4 Å². The molecule has 0 bridgehead atoms. The second-order valence-corrected chi connectivity index (χ2v) is 10.4. The quantitative estimate of drug-likeness (QED) is 0.281. The Morgan fingerprint density at radius 3 is 1.09 bits per heavy atom. The third kappa shape index (κ3) is 5.41. The number of hydrogen-bond acceptors (Lipinski definition) is 7. The molecule has 0 saturated heterocycles. The summed E-state index contributed by atoms with van der Waals surface area (Å²) in [5.74, 6) is -0.0470. The van der Waals surface area contributed by atoms with E-state index < -0.39 is 19.1 Å². The highest BCUT2D eigenvalue weighted by molar-refractivity contribution is 7.49. The number of methoxy groups -OCH3 is 4. The van der Waals surface area contributed by atoms with Crippen LogP contribution < -0.4 is 18.9 Å². The number of carbonyl (C=O) groups excluding carboxylic acids is 2. The highest BCUT2D eigenvalue weighted by Crippen LogP contribution is 2.47. The molecule has 7 nitrogen and oxygen atoms in total. The summed E-state index contributed by atoms with van der Waals surface area (Å²) in [6, 6.07) is 10.1. The summed E-state index contributed by atoms with van der Waals surface area (Å²) in [5.41, 5.74) is -1.42. The first kappa shape index (κ1) is 27.3. The highest BCUT2D eigenvalue weighted by Gasteiger charge is 2.52. The molecule has 0 aliphatic rings. The highest BCUT2D eigenvalue weighted by atomic mass is 31.1. The third-order valence-electron chi connectivity index (χ3n) is 5.70. The summed E-state index contributed by atoms with van der Waals surface area (Å²) in [4.78, 5) is 27.6. The summed E-state index contributed by atoms with van der Waals surface area (Å²) in [7, 11) is 3.50. The first-order valence-corrected chi connectivity index (χ1v) is 12.5. The van der Waals surface area contributed by atoms with Crippen molar-refractivity contribution in [3.8, 4) is 23.0 Å². The maximum atomic E-state index is 14.1. The average molecular weight is 490 g/mol. The Morgan fingerprint density at radius 2 is 0.882 bits per heavy atom. The summed E-state index contributed by atoms with van der Waals surface area (Å²) in [5, 5.41) is 0. The fourth-order valence-corrected chi connectivity index (χ4v) is 6.32. The molecule has 2 aromatic carbocycles. The summed E-state index contributed by atoms with van der Waals surface area (Å²) in [6.45, 7) is 7.29. The molecular formula is C26H34O7P+. The van der Waals surface area contributed by atoms with Crippen LogP contribution in [0.25, 0.3) is 0 Å². The van der Waals surface area contributed by atoms with Crippen LogP contribution in [0.15, 0.2) is 36.4 Å². The largest absolute Gasteiger partial charge is 0.496 e. The molecule has 0 spiro atoms. The fraction of sp³-hybridized carbons (Fsp3) is 0.462. The maximum absolute atomic E-state index is 14.1. The van der Waals surface area contributed by atoms with Gasteiger partial charge in [-0.1, -0.05) is 44.4 Å². The Balaban J connectivity index is 2.63. The number of rotatable bonds is 12. The predicted octanol–water partition coefficient (Wildman–Crippen LogP) is 5.66. The lowest BCUT2D eigenvalue weighted by Crippen LogP contribution is -2.33. The molecule has 0 aliphatic carbocycles. The van der Waals surface area contributed by atoms with Crippen molar-refractivity contribution in [1.82, 2.24) is 0 Å². The van der Waals surface area contributed by atoms with Gasteiger partial charge in [0.1, 0.15) is 34.1 Å². The van der Waals surface area contributed by atoms with Gasteiger partial charge in [-0.05, 0) is 24.3 Å². The number of ketones is 2. The van der Waals surface area contributed by atoms with E-state index in [1.54, 1.807) is 36.4 Å². The molecule has 0 heterocycles. The molecule has 8 heteroatoms. The molecule has 184 valence electrons. The van der Waals surface area contributed by atoms with Gasteiger partial charge in [0, 0.05) is 11.8 Å². The maximum Gasteiger partial charge on any atom is 0.362 e. The van der Waals surface area contributed by atoms with Gasteiger partial charge in [-0.15, -0.1) is 0 Å². The summed E-state index contributed by atoms with van der Waals surface area (Å²) in [6.07, 6.45) is 0. The van der Waals surface area contributed by atoms with Gasteiger partial charge in [0.05, 0.1) is 28.4 Å². The molecular weight excluding hydrogens is 455 g/mol. The van der Waals surface area contributed by atoms with Gasteiger partial charge in [-0.3, -0.25) is 9.59 Å². The molecule has 0 N–H and O–H groups in total. The van der Waals surface area contributed by atoms with Crippen LogP contribution in [0.5, 0.6) is 23.0 Å². The van der Waals surface area contributed by atoms with Crippen LogP contribution >= 0.6 is 7.80 Å². The van der Waals surface area contributed by atoms with Crippen LogP contribution in [0.3, 0.4) is 0 Å². The number of ether oxygens (including phenoxy) is 4. The van der Waals surface area contributed by atoms with E-state index in [1.807, 2.05) is 27.7 Å². The minimum Gasteiger partial charge on any atom is -0.496 e. The Morgan fingerprint density at radius 1 is 0.618 bits per heavy atom. The molecule has 0 aliphatic heterocycles. The van der Waals surface area contributed by atoms with E-state index in [2.05, 4.69) is 0 Å². The second-order valence-electron chi connectivity index (χ2n) is 8.54. The van der Waals surface area contributed by atoms with Gasteiger partial charge in [0.2, 0.25) is 22.9 Å². The Hall–Kier alpha value is -2.92. The second kappa shape index (κ2) is 12.0. The van der Waals surface area contributed by atoms with Crippen LogP contribution in [-0.2, 0) is 4.57 Å². The molecule has 0 saturated carbocycles. The smallest absolute Gasteiger partial charge is 0.362 e. The van der Waals surface area contributed by atoms with Crippen LogP contribution in [0.2, 0.25) is 0 Å². The molecule has 34 heavy (non-hydrogen) atoms. The van der Waals surface area contributed by atoms with Crippen LogP contribution in [0.4, 0.5) is 0 Å². The molecule has 2 rings (SSSR count). The van der Waals surface area contributed by atoms with Gasteiger partial charge in [-0.2, -0.15) is 0 Å². The van der Waals surface area contributed by atoms with E-state index >= 15 is 0 Å². The standard InChI is InChI=1S/C26H34O7P/c1-15(2)25(23(27)21-17(30-5)11-9-12-18(21)31-6)34(29)26(16(3)4)24(28)22-19(32-7)13-10-14-20(22)33-8/h9-16,25-26H,1-8H3/q+1. The zero-order valence-electron chi connectivity index (χ0n) is 21.1. The van der Waals surface area contributed by atoms with Gasteiger partial charge in [0.15, 0.2) is 0 Å². The third-order valence-corrected chi connectivity index (χ3v) is 8.46. The van der Waals surface area contributed by atoms with E-state index in [0.29, 0.717) is 23.0 Å². The first-order chi connectivity index (χ1) is 16.1. The van der Waals surface area contributed by atoms with E-state index in [0.717, 1.165) is 0 Å². The Kier molecular flexibility index (Phi) is 9.63. The lowest BCUT2D eigenvalue weighted by molar-refractivity contribution is 0.0960. The van der Waals surface area contributed by atoms with E-state index in [1.165, 1.54) is 28.4 Å². The number of benzene rings is 2. The van der Waals surface area contributed by atoms with Gasteiger partial charge >= 0.3 is 7.80 Å². The van der Waals surface area contributed by atoms with Gasteiger partial charge in [0.25, 0.3) is 0 Å². The zero-order valence-corrected chi connectivity index (χ0v) is 22.0. The molecule has 2 aromatic rings. The molecule has 2 unspecified atom stereocenters. The zero-order chi connectivity index (χ0) is 25.6. The topological polar surface area (TPSA) is 88.1 Å². The average Bonchev–Trinajstić information content (AvgIpc) is 2.82. The Labute approximate surface area is 202 Å². The normalized spacial score (nSPS) is 13.3. The number of carbonyl (C=O) groups is 2. The Bertz CT molecular complexity index is 919. The van der Waals surface area contributed by atoms with Crippen molar-refractivity contribution < 1.29 is 33.1 Å². The van der Waals surface area contributed by atoms with Crippen molar-refractivity contribution in [2.75, 3.05) is 28.4 Å². The molecule has 0 fully saturated rings. The van der Waals surface area contributed by atoms with E-state index in [4.69, 9.17) is 18.9 Å². The van der Waals surface area contributed by atoms with Crippen LogP contribution in [0, 0.1) is 11.8 Å². The molecule has 0 radical (unpaired) electrons.